The van der Waals surface area contributed by atoms with E-state index in [9.17, 15) is 19.1 Å². The Bertz CT molecular complexity index is 941. The summed E-state index contributed by atoms with van der Waals surface area (Å²) in [6, 6.07) is 4.37. The third kappa shape index (κ3) is 3.41. The van der Waals surface area contributed by atoms with E-state index in [1.54, 1.807) is 6.92 Å². The van der Waals surface area contributed by atoms with Crippen molar-refractivity contribution >= 4 is 11.9 Å². The first-order valence-corrected chi connectivity index (χ1v) is 7.53. The van der Waals surface area contributed by atoms with Crippen molar-refractivity contribution in [2.45, 2.75) is 13.0 Å². The van der Waals surface area contributed by atoms with E-state index in [1.807, 2.05) is 0 Å². The normalized spacial score (nSPS) is 11.8. The highest BCUT2D eigenvalue weighted by Gasteiger charge is 2.28. The van der Waals surface area contributed by atoms with Crippen molar-refractivity contribution in [3.05, 3.63) is 65.7 Å². The van der Waals surface area contributed by atoms with Crippen LogP contribution in [0, 0.1) is 5.82 Å². The molecule has 0 spiro atoms. The van der Waals surface area contributed by atoms with Gasteiger partial charge in [-0.3, -0.25) is 9.78 Å². The number of aromatic nitrogens is 3. The van der Waals surface area contributed by atoms with Crippen molar-refractivity contribution in [2.75, 3.05) is 0 Å². The standard InChI is InChI=1S/C17H13FN4O4/c1-9(21-16(23)12-8-19-6-7-20-12)15-13(17(24)25)14(22-26-15)10-2-4-11(18)5-3-10/h2-9H,1H3,(H,21,23)(H,24,25)/t9-/m1/s1. The molecule has 2 aromatic heterocycles. The number of hydrogen-bond acceptors (Lipinski definition) is 6. The Morgan fingerprint density at radius 2 is 1.96 bits per heavy atom. The van der Waals surface area contributed by atoms with Gasteiger partial charge in [-0.2, -0.15) is 0 Å². The van der Waals surface area contributed by atoms with Crippen molar-refractivity contribution in [1.82, 2.24) is 20.4 Å². The van der Waals surface area contributed by atoms with Crippen LogP contribution in [0.3, 0.4) is 0 Å². The molecule has 3 aromatic rings. The maximum Gasteiger partial charge on any atom is 0.341 e. The van der Waals surface area contributed by atoms with Crippen LogP contribution in [0.2, 0.25) is 0 Å². The zero-order valence-corrected chi connectivity index (χ0v) is 13.5. The number of carboxylic acids is 1. The number of rotatable bonds is 5. The minimum absolute atomic E-state index is 0.0333. The smallest absolute Gasteiger partial charge is 0.341 e. The van der Waals surface area contributed by atoms with Gasteiger partial charge in [0.15, 0.2) is 5.76 Å². The van der Waals surface area contributed by atoms with Gasteiger partial charge in [-0.1, -0.05) is 5.16 Å². The minimum atomic E-state index is -1.28. The molecule has 3 rings (SSSR count). The van der Waals surface area contributed by atoms with Crippen LogP contribution in [0.5, 0.6) is 0 Å². The largest absolute Gasteiger partial charge is 0.477 e. The number of carboxylic acid groups (broad SMARTS) is 1. The Labute approximate surface area is 146 Å². The van der Waals surface area contributed by atoms with Gasteiger partial charge in [-0.25, -0.2) is 14.2 Å². The monoisotopic (exact) mass is 356 g/mol. The molecular formula is C17H13FN4O4. The van der Waals surface area contributed by atoms with Crippen LogP contribution in [0.1, 0.15) is 39.6 Å². The summed E-state index contributed by atoms with van der Waals surface area (Å²) in [7, 11) is 0. The Morgan fingerprint density at radius 1 is 1.23 bits per heavy atom. The van der Waals surface area contributed by atoms with Crippen LogP contribution < -0.4 is 5.32 Å². The van der Waals surface area contributed by atoms with Gasteiger partial charge in [0.25, 0.3) is 5.91 Å². The van der Waals surface area contributed by atoms with Gasteiger partial charge in [0.2, 0.25) is 0 Å². The summed E-state index contributed by atoms with van der Waals surface area (Å²) < 4.78 is 18.2. The molecule has 0 unspecified atom stereocenters. The Kier molecular flexibility index (Phi) is 4.70. The lowest BCUT2D eigenvalue weighted by molar-refractivity contribution is 0.0692. The van der Waals surface area contributed by atoms with E-state index in [0.717, 1.165) is 0 Å². The third-order valence-electron chi connectivity index (χ3n) is 3.59. The van der Waals surface area contributed by atoms with Crippen LogP contribution in [0.25, 0.3) is 11.3 Å². The highest BCUT2D eigenvalue weighted by atomic mass is 19.1. The van der Waals surface area contributed by atoms with Gasteiger partial charge < -0.3 is 14.9 Å². The fourth-order valence-corrected chi connectivity index (χ4v) is 2.36. The van der Waals surface area contributed by atoms with Gasteiger partial charge in [0.1, 0.15) is 22.8 Å². The minimum Gasteiger partial charge on any atom is -0.477 e. The fourth-order valence-electron chi connectivity index (χ4n) is 2.36. The Balaban J connectivity index is 1.91. The van der Waals surface area contributed by atoms with Crippen LogP contribution in [0.4, 0.5) is 4.39 Å². The van der Waals surface area contributed by atoms with Gasteiger partial charge in [-0.15, -0.1) is 0 Å². The average Bonchev–Trinajstić information content (AvgIpc) is 3.08. The molecule has 2 N–H and O–H groups in total. The van der Waals surface area contributed by atoms with E-state index in [4.69, 9.17) is 4.52 Å². The molecule has 2 heterocycles. The maximum atomic E-state index is 13.1. The van der Waals surface area contributed by atoms with E-state index >= 15 is 0 Å². The van der Waals surface area contributed by atoms with E-state index in [1.165, 1.54) is 42.9 Å². The predicted octanol–water partition coefficient (Wildman–Crippen LogP) is 2.46. The summed E-state index contributed by atoms with van der Waals surface area (Å²) in [5, 5.41) is 15.9. The predicted molar refractivity (Wildman–Crippen MR) is 86.8 cm³/mol. The van der Waals surface area contributed by atoms with E-state index in [-0.39, 0.29) is 22.7 Å². The highest BCUT2D eigenvalue weighted by molar-refractivity contribution is 5.96. The van der Waals surface area contributed by atoms with Crippen LogP contribution >= 0.6 is 0 Å². The van der Waals surface area contributed by atoms with Gasteiger partial charge in [0, 0.05) is 18.0 Å². The average molecular weight is 356 g/mol. The first kappa shape index (κ1) is 17.2. The second-order valence-electron chi connectivity index (χ2n) is 5.37. The molecule has 0 fully saturated rings. The van der Waals surface area contributed by atoms with Gasteiger partial charge >= 0.3 is 5.97 Å². The summed E-state index contributed by atoms with van der Waals surface area (Å²) in [6.07, 6.45) is 4.07. The Hall–Kier alpha value is -3.62. The number of nitrogens with one attached hydrogen (secondary N) is 1. The number of carbonyl (C=O) groups excluding carboxylic acids is 1. The number of carbonyl (C=O) groups is 2. The second kappa shape index (κ2) is 7.09. The first-order valence-electron chi connectivity index (χ1n) is 7.53. The highest BCUT2D eigenvalue weighted by Crippen LogP contribution is 2.29. The molecule has 0 aliphatic heterocycles. The summed E-state index contributed by atoms with van der Waals surface area (Å²) in [5.41, 5.74) is 0.303. The zero-order chi connectivity index (χ0) is 18.7. The van der Waals surface area contributed by atoms with Gasteiger partial charge in [0.05, 0.1) is 12.2 Å². The molecule has 1 amide bonds. The van der Waals surface area contributed by atoms with Crippen molar-refractivity contribution in [2.24, 2.45) is 0 Å². The molecule has 9 heteroatoms. The van der Waals surface area contributed by atoms with Crippen molar-refractivity contribution in [1.29, 1.82) is 0 Å². The topological polar surface area (TPSA) is 118 Å². The molecule has 0 radical (unpaired) electrons. The van der Waals surface area contributed by atoms with Crippen molar-refractivity contribution in [3.8, 4) is 11.3 Å². The molecule has 0 saturated carbocycles. The first-order chi connectivity index (χ1) is 12.5. The van der Waals surface area contributed by atoms with E-state index < -0.39 is 23.7 Å². The molecule has 0 bridgehead atoms. The lowest BCUT2D eigenvalue weighted by Crippen LogP contribution is -2.28. The van der Waals surface area contributed by atoms with Gasteiger partial charge in [-0.05, 0) is 31.2 Å². The second-order valence-corrected chi connectivity index (χ2v) is 5.37. The molecular weight excluding hydrogens is 343 g/mol. The molecule has 8 nitrogen and oxygen atoms in total. The summed E-state index contributed by atoms with van der Waals surface area (Å²) in [4.78, 5) is 31.5. The molecule has 26 heavy (non-hydrogen) atoms. The summed E-state index contributed by atoms with van der Waals surface area (Å²) in [5.74, 6) is -2.31. The van der Waals surface area contributed by atoms with Crippen LogP contribution in [-0.2, 0) is 0 Å². The Morgan fingerprint density at radius 3 is 2.58 bits per heavy atom. The SMILES string of the molecule is C[C@@H](NC(=O)c1cnccn1)c1onc(-c2ccc(F)cc2)c1C(=O)O. The number of benzene rings is 1. The number of nitrogens with zero attached hydrogens (tertiary/aromatic N) is 3. The zero-order valence-electron chi connectivity index (χ0n) is 13.5. The summed E-state index contributed by atoms with van der Waals surface area (Å²) >= 11 is 0. The maximum absolute atomic E-state index is 13.1. The molecule has 1 atom stereocenters. The van der Waals surface area contributed by atoms with Crippen LogP contribution in [0.15, 0.2) is 47.4 Å². The van der Waals surface area contributed by atoms with Crippen molar-refractivity contribution in [3.63, 3.8) is 0 Å². The molecule has 0 saturated heterocycles. The number of amides is 1. The molecule has 0 aliphatic rings. The molecule has 1 aromatic carbocycles. The van der Waals surface area contributed by atoms with Crippen molar-refractivity contribution < 1.29 is 23.6 Å². The number of hydrogen-bond donors (Lipinski definition) is 2. The van der Waals surface area contributed by atoms with E-state index in [0.29, 0.717) is 5.56 Å². The lowest BCUT2D eigenvalue weighted by Gasteiger charge is -2.11. The lowest BCUT2D eigenvalue weighted by atomic mass is 10.0. The number of aromatic carboxylic acids is 1. The number of halogens is 1. The fraction of sp³-hybridized carbons (Fsp3) is 0.118. The van der Waals surface area contributed by atoms with E-state index in [2.05, 4.69) is 20.4 Å². The summed E-state index contributed by atoms with van der Waals surface area (Å²) in [6.45, 7) is 1.55. The molecule has 0 aliphatic carbocycles. The van der Waals surface area contributed by atoms with Crippen LogP contribution in [-0.4, -0.2) is 32.1 Å². The quantitative estimate of drug-likeness (QED) is 0.721. The third-order valence-corrected chi connectivity index (χ3v) is 3.59. The molecule has 132 valence electrons.